The molecule has 0 aliphatic carbocycles. The van der Waals surface area contributed by atoms with Crippen LogP contribution in [0.4, 0.5) is 11.4 Å². The van der Waals surface area contributed by atoms with Crippen LogP contribution in [0.5, 0.6) is 0 Å². The average molecular weight is 436 g/mol. The summed E-state index contributed by atoms with van der Waals surface area (Å²) in [6.07, 6.45) is 4.09. The van der Waals surface area contributed by atoms with Crippen LogP contribution in [0.3, 0.4) is 0 Å². The Morgan fingerprint density at radius 1 is 0.600 bits per heavy atom. The molecule has 0 bridgehead atoms. The van der Waals surface area contributed by atoms with Gasteiger partial charge in [0.25, 0.3) is 0 Å². The second-order valence-corrected chi connectivity index (χ2v) is 17.7. The minimum absolute atomic E-state index is 1.14. The van der Waals surface area contributed by atoms with E-state index < -0.39 is 11.9 Å². The topological polar surface area (TPSA) is 6.48 Å². The number of hydrogen-bond donors (Lipinski definition) is 0. The summed E-state index contributed by atoms with van der Waals surface area (Å²) in [5.41, 5.74) is 9.61. The zero-order valence-corrected chi connectivity index (χ0v) is 19.2. The molecule has 25 heavy (non-hydrogen) atoms. The van der Waals surface area contributed by atoms with Crippen LogP contribution >= 0.6 is 20.0 Å². The van der Waals surface area contributed by atoms with Crippen molar-refractivity contribution in [1.82, 2.24) is 0 Å². The third-order valence-electron chi connectivity index (χ3n) is 4.70. The second kappa shape index (κ2) is 6.57. The Bertz CT molecular complexity index is 758. The van der Waals surface area contributed by atoms with Crippen molar-refractivity contribution in [2.75, 3.05) is 7.71 Å². The van der Waals surface area contributed by atoms with E-state index in [-0.39, 0.29) is 0 Å². The molecule has 2 nitrogen and oxygen atoms in total. The van der Waals surface area contributed by atoms with Crippen LogP contribution in [0.1, 0.15) is 33.4 Å². The fourth-order valence-electron chi connectivity index (χ4n) is 3.95. The van der Waals surface area contributed by atoms with Crippen LogP contribution in [0.25, 0.3) is 0 Å². The predicted octanol–water partition coefficient (Wildman–Crippen LogP) is 6.25. The molecule has 0 aromatic heterocycles. The molecular formula is C20H24Cl2GeN2. The van der Waals surface area contributed by atoms with Gasteiger partial charge >= 0.3 is 163 Å². The number of halogens is 2. The Labute approximate surface area is 162 Å². The maximum atomic E-state index is 7.08. The molecule has 1 heterocycles. The van der Waals surface area contributed by atoms with Crippen molar-refractivity contribution in [2.45, 2.75) is 41.5 Å². The van der Waals surface area contributed by atoms with Gasteiger partial charge in [0.15, 0.2) is 0 Å². The van der Waals surface area contributed by atoms with E-state index in [1.165, 1.54) is 33.4 Å². The number of rotatable bonds is 2. The first-order valence-electron chi connectivity index (χ1n) is 8.43. The molecular weight excluding hydrogens is 412 g/mol. The van der Waals surface area contributed by atoms with E-state index in [1.807, 2.05) is 12.4 Å². The molecule has 0 amide bonds. The Hall–Kier alpha value is -1.10. The third-order valence-corrected chi connectivity index (χ3v) is 12.5. The van der Waals surface area contributed by atoms with Gasteiger partial charge in [-0.15, -0.1) is 0 Å². The van der Waals surface area contributed by atoms with Crippen LogP contribution in [0.2, 0.25) is 0 Å². The molecule has 2 aromatic rings. The molecule has 2 aromatic carbocycles. The average Bonchev–Trinajstić information content (AvgIpc) is 2.73. The third kappa shape index (κ3) is 3.20. The Kier molecular flexibility index (Phi) is 4.91. The van der Waals surface area contributed by atoms with E-state index in [0.29, 0.717) is 0 Å². The molecule has 0 saturated heterocycles. The zero-order chi connectivity index (χ0) is 18.5. The van der Waals surface area contributed by atoms with Gasteiger partial charge in [0.05, 0.1) is 0 Å². The van der Waals surface area contributed by atoms with Gasteiger partial charge in [0.1, 0.15) is 0 Å². The number of hydrogen-bond acceptors (Lipinski definition) is 2. The minimum atomic E-state index is -3.55. The number of aryl methyl sites for hydroxylation is 6. The standard InChI is InChI=1S/C20H24Cl2GeN2/c1-13-9-15(3)19(16(4)10-13)24-7-8-25(23(24,21)22)20-17(5)11-14(2)12-18(20)6/h7-12H,1-6H3. The van der Waals surface area contributed by atoms with Crippen LogP contribution < -0.4 is 7.71 Å². The van der Waals surface area contributed by atoms with Crippen LogP contribution in [0, 0.1) is 41.5 Å². The quantitative estimate of drug-likeness (QED) is 0.514. The maximum absolute atomic E-state index is 7.08. The second-order valence-electron chi connectivity index (χ2n) is 7.04. The van der Waals surface area contributed by atoms with Crippen LogP contribution in [-0.4, -0.2) is 11.9 Å². The predicted molar refractivity (Wildman–Crippen MR) is 113 cm³/mol. The first-order chi connectivity index (χ1) is 11.6. The normalized spacial score (nSPS) is 16.0. The summed E-state index contributed by atoms with van der Waals surface area (Å²) < 4.78 is 4.26. The summed E-state index contributed by atoms with van der Waals surface area (Å²) in [4.78, 5) is 0. The zero-order valence-electron chi connectivity index (χ0n) is 15.6. The van der Waals surface area contributed by atoms with E-state index in [4.69, 9.17) is 20.0 Å². The molecule has 0 atom stereocenters. The molecule has 132 valence electrons. The number of nitrogens with zero attached hydrogens (tertiary/aromatic N) is 2. The van der Waals surface area contributed by atoms with E-state index in [0.717, 1.165) is 11.4 Å². The molecule has 1 aliphatic heterocycles. The Morgan fingerprint density at radius 2 is 0.880 bits per heavy atom. The summed E-state index contributed by atoms with van der Waals surface area (Å²) in [7, 11) is 14.2. The molecule has 0 saturated carbocycles. The van der Waals surface area contributed by atoms with Gasteiger partial charge in [-0.2, -0.15) is 0 Å². The van der Waals surface area contributed by atoms with Gasteiger partial charge in [-0.3, -0.25) is 0 Å². The SMILES string of the molecule is Cc1cc(C)c([N]2C=C[N](c3c(C)cc(C)cc3C)[Ge]2([Cl])[Cl])c(C)c1. The van der Waals surface area contributed by atoms with Crippen molar-refractivity contribution in [3.8, 4) is 0 Å². The van der Waals surface area contributed by atoms with Crippen molar-refractivity contribution in [1.29, 1.82) is 0 Å². The molecule has 1 aliphatic rings. The Balaban J connectivity index is 2.09. The van der Waals surface area contributed by atoms with Crippen LogP contribution in [-0.2, 0) is 0 Å². The van der Waals surface area contributed by atoms with Crippen LogP contribution in [0.15, 0.2) is 36.7 Å². The monoisotopic (exact) mass is 436 g/mol. The summed E-state index contributed by atoms with van der Waals surface area (Å²) in [6.45, 7) is 12.7. The fraction of sp³-hybridized carbons (Fsp3) is 0.300. The molecule has 3 rings (SSSR count). The molecule has 0 unspecified atom stereocenters. The van der Waals surface area contributed by atoms with E-state index in [9.17, 15) is 0 Å². The summed E-state index contributed by atoms with van der Waals surface area (Å²) in [6, 6.07) is 8.75. The molecule has 5 heteroatoms. The van der Waals surface area contributed by atoms with Gasteiger partial charge in [-0.05, 0) is 0 Å². The van der Waals surface area contributed by atoms with E-state index in [2.05, 4.69) is 73.5 Å². The van der Waals surface area contributed by atoms with Gasteiger partial charge in [-0.1, -0.05) is 0 Å². The van der Waals surface area contributed by atoms with Gasteiger partial charge in [0.2, 0.25) is 0 Å². The van der Waals surface area contributed by atoms with Gasteiger partial charge in [-0.25, -0.2) is 0 Å². The summed E-state index contributed by atoms with van der Waals surface area (Å²) in [5.74, 6) is 0. The van der Waals surface area contributed by atoms with E-state index in [1.54, 1.807) is 0 Å². The van der Waals surface area contributed by atoms with Gasteiger partial charge < -0.3 is 0 Å². The molecule has 0 spiro atoms. The van der Waals surface area contributed by atoms with Crippen molar-refractivity contribution < 1.29 is 0 Å². The first kappa shape index (κ1) is 18.7. The molecule has 0 radical (unpaired) electrons. The molecule has 0 fully saturated rings. The van der Waals surface area contributed by atoms with Crippen molar-refractivity contribution in [3.05, 3.63) is 70.0 Å². The van der Waals surface area contributed by atoms with Crippen molar-refractivity contribution in [2.24, 2.45) is 0 Å². The van der Waals surface area contributed by atoms with Crippen molar-refractivity contribution >= 4 is 43.2 Å². The number of benzene rings is 2. The van der Waals surface area contributed by atoms with E-state index >= 15 is 0 Å². The van der Waals surface area contributed by atoms with Gasteiger partial charge in [0, 0.05) is 0 Å². The number of anilines is 2. The van der Waals surface area contributed by atoms with Crippen molar-refractivity contribution in [3.63, 3.8) is 0 Å². The Morgan fingerprint density at radius 3 is 1.16 bits per heavy atom. The summed E-state index contributed by atoms with van der Waals surface area (Å²) >= 11 is -3.55. The fourth-order valence-corrected chi connectivity index (χ4v) is 11.0. The first-order valence-corrected chi connectivity index (χ1v) is 15.8. The molecule has 0 N–H and O–H groups in total. The summed E-state index contributed by atoms with van der Waals surface area (Å²) in [5, 5.41) is 0.